The zero-order chi connectivity index (χ0) is 14.8. The van der Waals surface area contributed by atoms with Gasteiger partial charge < -0.3 is 0 Å². The van der Waals surface area contributed by atoms with Gasteiger partial charge in [0.25, 0.3) is 0 Å². The van der Waals surface area contributed by atoms with Crippen LogP contribution >= 0.6 is 11.6 Å². The van der Waals surface area contributed by atoms with Crippen molar-refractivity contribution in [3.8, 4) is 0 Å². The first-order chi connectivity index (χ1) is 9.47. The van der Waals surface area contributed by atoms with Crippen molar-refractivity contribution < 1.29 is 9.18 Å². The minimum absolute atomic E-state index is 0.0723. The van der Waals surface area contributed by atoms with Gasteiger partial charge in [0, 0.05) is 11.4 Å². The minimum atomic E-state index is -0.495. The second-order valence-electron chi connectivity index (χ2n) is 5.66. The standard InChI is InChI=1S/C16H21ClFNO/c1-3-16(2,19-8-4-5-9-19)15(20)11-12-10-13(17)6-7-14(12)18/h6-7,10H,3-5,8-9,11H2,1-2H3. The van der Waals surface area contributed by atoms with Gasteiger partial charge in [0.05, 0.1) is 5.54 Å². The van der Waals surface area contributed by atoms with Crippen molar-refractivity contribution in [2.75, 3.05) is 13.1 Å². The molecule has 1 atom stereocenters. The Hall–Kier alpha value is -0.930. The number of hydrogen-bond acceptors (Lipinski definition) is 2. The van der Waals surface area contributed by atoms with Crippen LogP contribution < -0.4 is 0 Å². The molecule has 4 heteroatoms. The van der Waals surface area contributed by atoms with Crippen LogP contribution in [0.5, 0.6) is 0 Å². The van der Waals surface area contributed by atoms with Gasteiger partial charge in [0.1, 0.15) is 5.82 Å². The Labute approximate surface area is 124 Å². The molecule has 2 rings (SSSR count). The summed E-state index contributed by atoms with van der Waals surface area (Å²) in [6.07, 6.45) is 3.12. The first-order valence-electron chi connectivity index (χ1n) is 7.19. The zero-order valence-corrected chi connectivity index (χ0v) is 12.8. The lowest BCUT2D eigenvalue weighted by molar-refractivity contribution is -0.129. The number of carbonyl (C=O) groups excluding carboxylic acids is 1. The van der Waals surface area contributed by atoms with Crippen LogP contribution in [-0.4, -0.2) is 29.3 Å². The summed E-state index contributed by atoms with van der Waals surface area (Å²) in [6.45, 7) is 5.90. The van der Waals surface area contributed by atoms with E-state index in [0.29, 0.717) is 10.6 Å². The highest BCUT2D eigenvalue weighted by molar-refractivity contribution is 6.30. The summed E-state index contributed by atoms with van der Waals surface area (Å²) >= 11 is 5.89. The Bertz CT molecular complexity index is 499. The summed E-state index contributed by atoms with van der Waals surface area (Å²) in [5, 5.41) is 0.466. The van der Waals surface area contributed by atoms with Crippen LogP contribution in [0.3, 0.4) is 0 Å². The van der Waals surface area contributed by atoms with Crippen LogP contribution in [0.1, 0.15) is 38.7 Å². The number of Topliss-reactive ketones (excluding diaryl/α,β-unsaturated/α-hetero) is 1. The van der Waals surface area contributed by atoms with E-state index < -0.39 is 5.54 Å². The van der Waals surface area contributed by atoms with Crippen LogP contribution in [-0.2, 0) is 11.2 Å². The molecule has 1 aliphatic rings. The number of benzene rings is 1. The first-order valence-corrected chi connectivity index (χ1v) is 7.57. The molecule has 0 amide bonds. The molecule has 0 radical (unpaired) electrons. The van der Waals surface area contributed by atoms with Crippen LogP contribution in [0.15, 0.2) is 18.2 Å². The van der Waals surface area contributed by atoms with Gasteiger partial charge in [-0.15, -0.1) is 0 Å². The van der Waals surface area contributed by atoms with Gasteiger partial charge in [0.15, 0.2) is 5.78 Å². The van der Waals surface area contributed by atoms with Crippen molar-refractivity contribution in [1.29, 1.82) is 0 Å². The molecular formula is C16H21ClFNO. The Morgan fingerprint density at radius 1 is 1.40 bits per heavy atom. The fourth-order valence-corrected chi connectivity index (χ4v) is 3.04. The number of ketones is 1. The topological polar surface area (TPSA) is 20.3 Å². The fraction of sp³-hybridized carbons (Fsp3) is 0.562. The molecule has 1 aliphatic heterocycles. The second kappa shape index (κ2) is 6.23. The van der Waals surface area contributed by atoms with Gasteiger partial charge in [-0.3, -0.25) is 9.69 Å². The SMILES string of the molecule is CCC(C)(C(=O)Cc1cc(Cl)ccc1F)N1CCCC1. The summed E-state index contributed by atoms with van der Waals surface area (Å²) in [5.41, 5.74) is -0.105. The van der Waals surface area contributed by atoms with Crippen molar-refractivity contribution >= 4 is 17.4 Å². The normalized spacial score (nSPS) is 19.0. The highest BCUT2D eigenvalue weighted by Gasteiger charge is 2.38. The number of rotatable bonds is 5. The highest BCUT2D eigenvalue weighted by Crippen LogP contribution is 2.27. The number of hydrogen-bond donors (Lipinski definition) is 0. The molecule has 1 saturated heterocycles. The van der Waals surface area contributed by atoms with Crippen LogP contribution in [0, 0.1) is 5.82 Å². The third-order valence-corrected chi connectivity index (χ3v) is 4.69. The maximum absolute atomic E-state index is 13.8. The molecule has 0 bridgehead atoms. The smallest absolute Gasteiger partial charge is 0.157 e. The number of nitrogens with zero attached hydrogens (tertiary/aromatic N) is 1. The molecule has 1 aromatic rings. The Morgan fingerprint density at radius 3 is 2.65 bits per heavy atom. The quantitative estimate of drug-likeness (QED) is 0.822. The lowest BCUT2D eigenvalue weighted by Crippen LogP contribution is -2.51. The van der Waals surface area contributed by atoms with E-state index in [4.69, 9.17) is 11.6 Å². The molecule has 2 nitrogen and oxygen atoms in total. The van der Waals surface area contributed by atoms with E-state index in [1.165, 1.54) is 12.1 Å². The Morgan fingerprint density at radius 2 is 2.05 bits per heavy atom. The van der Waals surface area contributed by atoms with Crippen molar-refractivity contribution in [1.82, 2.24) is 4.90 Å². The molecule has 0 aliphatic carbocycles. The van der Waals surface area contributed by atoms with Gasteiger partial charge >= 0.3 is 0 Å². The second-order valence-corrected chi connectivity index (χ2v) is 6.09. The number of carbonyl (C=O) groups is 1. The van der Waals surface area contributed by atoms with E-state index in [9.17, 15) is 9.18 Å². The summed E-state index contributed by atoms with van der Waals surface area (Å²) in [6, 6.07) is 4.38. The molecule has 1 heterocycles. The average Bonchev–Trinajstić information content (AvgIpc) is 2.96. The van der Waals surface area contributed by atoms with E-state index in [2.05, 4.69) is 4.90 Å². The monoisotopic (exact) mass is 297 g/mol. The molecule has 1 aromatic carbocycles. The number of likely N-dealkylation sites (tertiary alicyclic amines) is 1. The van der Waals surface area contributed by atoms with E-state index in [1.54, 1.807) is 6.07 Å². The summed E-state index contributed by atoms with van der Waals surface area (Å²) in [5.74, 6) is -0.286. The van der Waals surface area contributed by atoms with Gasteiger partial charge in [-0.2, -0.15) is 0 Å². The van der Waals surface area contributed by atoms with Crippen molar-refractivity contribution in [3.63, 3.8) is 0 Å². The molecule has 0 aromatic heterocycles. The maximum atomic E-state index is 13.8. The van der Waals surface area contributed by atoms with Crippen molar-refractivity contribution in [3.05, 3.63) is 34.6 Å². The van der Waals surface area contributed by atoms with E-state index in [1.807, 2.05) is 13.8 Å². The van der Waals surface area contributed by atoms with Gasteiger partial charge in [-0.05, 0) is 63.0 Å². The average molecular weight is 298 g/mol. The van der Waals surface area contributed by atoms with E-state index in [-0.39, 0.29) is 18.0 Å². The summed E-state index contributed by atoms with van der Waals surface area (Å²) in [4.78, 5) is 14.9. The number of halogens is 2. The maximum Gasteiger partial charge on any atom is 0.157 e. The fourth-order valence-electron chi connectivity index (χ4n) is 2.85. The molecule has 0 N–H and O–H groups in total. The van der Waals surface area contributed by atoms with Crippen molar-refractivity contribution in [2.24, 2.45) is 0 Å². The van der Waals surface area contributed by atoms with E-state index >= 15 is 0 Å². The molecule has 0 saturated carbocycles. The van der Waals surface area contributed by atoms with Crippen LogP contribution in [0.2, 0.25) is 5.02 Å². The molecule has 20 heavy (non-hydrogen) atoms. The third-order valence-electron chi connectivity index (χ3n) is 4.45. The minimum Gasteiger partial charge on any atom is -0.297 e. The molecule has 0 spiro atoms. The van der Waals surface area contributed by atoms with Crippen molar-refractivity contribution in [2.45, 2.75) is 45.1 Å². The molecule has 110 valence electrons. The van der Waals surface area contributed by atoms with Crippen LogP contribution in [0.4, 0.5) is 4.39 Å². The van der Waals surface area contributed by atoms with Crippen LogP contribution in [0.25, 0.3) is 0 Å². The lowest BCUT2D eigenvalue weighted by Gasteiger charge is -2.36. The predicted octanol–water partition coefficient (Wildman–Crippen LogP) is 3.86. The largest absolute Gasteiger partial charge is 0.297 e. The highest BCUT2D eigenvalue weighted by atomic mass is 35.5. The summed E-state index contributed by atoms with van der Waals surface area (Å²) < 4.78 is 13.8. The Balaban J connectivity index is 2.18. The lowest BCUT2D eigenvalue weighted by atomic mass is 9.87. The predicted molar refractivity (Wildman–Crippen MR) is 79.6 cm³/mol. The first kappa shape index (κ1) is 15.5. The molecular weight excluding hydrogens is 277 g/mol. The Kier molecular flexibility index (Phi) is 4.82. The van der Waals surface area contributed by atoms with Gasteiger partial charge in [-0.1, -0.05) is 18.5 Å². The molecule has 1 fully saturated rings. The third kappa shape index (κ3) is 3.04. The van der Waals surface area contributed by atoms with Gasteiger partial charge in [0.2, 0.25) is 0 Å². The molecule has 1 unspecified atom stereocenters. The van der Waals surface area contributed by atoms with E-state index in [0.717, 1.165) is 32.4 Å². The van der Waals surface area contributed by atoms with Gasteiger partial charge in [-0.25, -0.2) is 4.39 Å². The zero-order valence-electron chi connectivity index (χ0n) is 12.1. The summed E-state index contributed by atoms with van der Waals surface area (Å²) in [7, 11) is 0.